The van der Waals surface area contributed by atoms with Gasteiger partial charge in [-0.1, -0.05) is 25.1 Å². The summed E-state index contributed by atoms with van der Waals surface area (Å²) in [7, 11) is 0. The van der Waals surface area contributed by atoms with Gasteiger partial charge in [0.25, 0.3) is 0 Å². The first-order valence-corrected chi connectivity index (χ1v) is 9.02. The molecule has 2 amide bonds. The zero-order valence-electron chi connectivity index (χ0n) is 14.4. The van der Waals surface area contributed by atoms with Gasteiger partial charge in [-0.2, -0.15) is 0 Å². The van der Waals surface area contributed by atoms with E-state index in [0.29, 0.717) is 12.5 Å². The van der Waals surface area contributed by atoms with Gasteiger partial charge in [0.05, 0.1) is 0 Å². The van der Waals surface area contributed by atoms with Crippen LogP contribution in [0.3, 0.4) is 0 Å². The lowest BCUT2D eigenvalue weighted by atomic mass is 9.89. The lowest BCUT2D eigenvalue weighted by Gasteiger charge is -2.34. The largest absolute Gasteiger partial charge is 0.361 e. The van der Waals surface area contributed by atoms with E-state index in [2.05, 4.69) is 29.4 Å². The summed E-state index contributed by atoms with van der Waals surface area (Å²) < 4.78 is 0. The number of likely N-dealkylation sites (tertiary alicyclic amines) is 1. The number of benzene rings is 1. The number of amides is 2. The van der Waals surface area contributed by atoms with Crippen molar-refractivity contribution in [2.45, 2.75) is 38.6 Å². The maximum atomic E-state index is 12.3. The number of H-pyrrole nitrogens is 1. The first-order chi connectivity index (χ1) is 11.7. The molecule has 2 aromatic rings. The summed E-state index contributed by atoms with van der Waals surface area (Å²) in [5.41, 5.74) is 8.52. The first kappa shape index (κ1) is 16.8. The van der Waals surface area contributed by atoms with Gasteiger partial charge in [-0.05, 0) is 43.2 Å². The molecule has 1 atom stereocenters. The Morgan fingerprint density at radius 2 is 2.12 bits per heavy atom. The SMILES string of the molecule is CCC(N)C1CCN(C(=O)NCCc2c[nH]c3ccccc23)CC1. The van der Waals surface area contributed by atoms with Crippen molar-refractivity contribution in [1.29, 1.82) is 0 Å². The lowest BCUT2D eigenvalue weighted by molar-refractivity contribution is 0.162. The van der Waals surface area contributed by atoms with Crippen LogP contribution in [0.5, 0.6) is 0 Å². The third kappa shape index (κ3) is 3.73. The molecule has 1 unspecified atom stereocenters. The van der Waals surface area contributed by atoms with Crippen molar-refractivity contribution in [2.24, 2.45) is 11.7 Å². The molecule has 3 rings (SSSR count). The Hall–Kier alpha value is -2.01. The number of carbonyl (C=O) groups is 1. The molecule has 4 N–H and O–H groups in total. The van der Waals surface area contributed by atoms with E-state index in [1.54, 1.807) is 0 Å². The molecule has 1 aliphatic heterocycles. The van der Waals surface area contributed by atoms with Gasteiger partial charge in [0.2, 0.25) is 0 Å². The molecule has 0 saturated carbocycles. The Labute approximate surface area is 143 Å². The average Bonchev–Trinajstić information content (AvgIpc) is 3.04. The number of fused-ring (bicyclic) bond motifs is 1. The molecule has 0 spiro atoms. The summed E-state index contributed by atoms with van der Waals surface area (Å²) >= 11 is 0. The van der Waals surface area contributed by atoms with Gasteiger partial charge in [0.1, 0.15) is 0 Å². The molecule has 0 aliphatic carbocycles. The number of aromatic nitrogens is 1. The molecule has 2 heterocycles. The van der Waals surface area contributed by atoms with Crippen molar-refractivity contribution in [3.05, 3.63) is 36.0 Å². The van der Waals surface area contributed by atoms with Gasteiger partial charge in [0.15, 0.2) is 0 Å². The minimum Gasteiger partial charge on any atom is -0.361 e. The third-order valence-corrected chi connectivity index (χ3v) is 5.25. The summed E-state index contributed by atoms with van der Waals surface area (Å²) in [6.45, 7) is 4.43. The van der Waals surface area contributed by atoms with Crippen molar-refractivity contribution in [3.63, 3.8) is 0 Å². The zero-order valence-corrected chi connectivity index (χ0v) is 14.4. The highest BCUT2D eigenvalue weighted by Crippen LogP contribution is 2.21. The second-order valence-corrected chi connectivity index (χ2v) is 6.74. The van der Waals surface area contributed by atoms with Gasteiger partial charge in [0, 0.05) is 42.8 Å². The number of aromatic amines is 1. The van der Waals surface area contributed by atoms with E-state index in [1.807, 2.05) is 23.2 Å². The quantitative estimate of drug-likeness (QED) is 0.789. The summed E-state index contributed by atoms with van der Waals surface area (Å²) in [4.78, 5) is 17.5. The summed E-state index contributed by atoms with van der Waals surface area (Å²) in [6, 6.07) is 8.59. The van der Waals surface area contributed by atoms with Crippen LogP contribution in [0.4, 0.5) is 4.79 Å². The topological polar surface area (TPSA) is 74.2 Å². The Kier molecular flexibility index (Phi) is 5.41. The van der Waals surface area contributed by atoms with Crippen LogP contribution >= 0.6 is 0 Å². The molecule has 1 aromatic carbocycles. The summed E-state index contributed by atoms with van der Waals surface area (Å²) in [5, 5.41) is 4.29. The fourth-order valence-electron chi connectivity index (χ4n) is 3.62. The van der Waals surface area contributed by atoms with Crippen LogP contribution in [-0.4, -0.2) is 41.6 Å². The predicted molar refractivity (Wildman–Crippen MR) is 98.0 cm³/mol. The van der Waals surface area contributed by atoms with E-state index in [9.17, 15) is 4.79 Å². The van der Waals surface area contributed by atoms with E-state index in [0.717, 1.165) is 44.3 Å². The highest BCUT2D eigenvalue weighted by Gasteiger charge is 2.25. The number of hydrogen-bond acceptors (Lipinski definition) is 2. The second kappa shape index (κ2) is 7.71. The number of nitrogens with two attached hydrogens (primary N) is 1. The fraction of sp³-hybridized carbons (Fsp3) is 0.526. The smallest absolute Gasteiger partial charge is 0.317 e. The van der Waals surface area contributed by atoms with Crippen molar-refractivity contribution in [3.8, 4) is 0 Å². The lowest BCUT2D eigenvalue weighted by Crippen LogP contribution is -2.47. The average molecular weight is 328 g/mol. The van der Waals surface area contributed by atoms with Crippen molar-refractivity contribution in [2.75, 3.05) is 19.6 Å². The van der Waals surface area contributed by atoms with E-state index < -0.39 is 0 Å². The molecular formula is C19H28N4O. The van der Waals surface area contributed by atoms with Crippen LogP contribution in [0.15, 0.2) is 30.5 Å². The van der Waals surface area contributed by atoms with Gasteiger partial charge >= 0.3 is 6.03 Å². The highest BCUT2D eigenvalue weighted by molar-refractivity contribution is 5.83. The molecule has 1 aliphatic rings. The molecular weight excluding hydrogens is 300 g/mol. The zero-order chi connectivity index (χ0) is 16.9. The van der Waals surface area contributed by atoms with Crippen molar-refractivity contribution < 1.29 is 4.79 Å². The molecule has 5 nitrogen and oxygen atoms in total. The highest BCUT2D eigenvalue weighted by atomic mass is 16.2. The Morgan fingerprint density at radius 3 is 2.88 bits per heavy atom. The number of piperidine rings is 1. The van der Waals surface area contributed by atoms with Gasteiger partial charge in [-0.25, -0.2) is 4.79 Å². The number of nitrogens with zero attached hydrogens (tertiary/aromatic N) is 1. The van der Waals surface area contributed by atoms with Crippen LogP contribution in [0.25, 0.3) is 10.9 Å². The molecule has 24 heavy (non-hydrogen) atoms. The standard InChI is InChI=1S/C19H28N4O/c1-2-17(20)14-8-11-23(12-9-14)19(24)21-10-7-15-13-22-18-6-4-3-5-16(15)18/h3-6,13-14,17,22H,2,7-12,20H2,1H3,(H,21,24). The predicted octanol–water partition coefficient (Wildman–Crippen LogP) is 2.87. The number of nitrogens with one attached hydrogen (secondary N) is 2. The van der Waals surface area contributed by atoms with Crippen LogP contribution in [0.1, 0.15) is 31.7 Å². The number of para-hydroxylation sites is 1. The number of rotatable bonds is 5. The van der Waals surface area contributed by atoms with Gasteiger partial charge < -0.3 is 20.9 Å². The van der Waals surface area contributed by atoms with E-state index >= 15 is 0 Å². The Balaban J connectivity index is 1.45. The van der Waals surface area contributed by atoms with Crippen LogP contribution in [-0.2, 0) is 6.42 Å². The van der Waals surface area contributed by atoms with Gasteiger partial charge in [-0.15, -0.1) is 0 Å². The minimum absolute atomic E-state index is 0.0540. The Morgan fingerprint density at radius 1 is 1.38 bits per heavy atom. The van der Waals surface area contributed by atoms with Crippen molar-refractivity contribution >= 4 is 16.9 Å². The van der Waals surface area contributed by atoms with Crippen molar-refractivity contribution in [1.82, 2.24) is 15.2 Å². The molecule has 5 heteroatoms. The summed E-state index contributed by atoms with van der Waals surface area (Å²) in [6.07, 6.45) is 5.93. The number of urea groups is 1. The van der Waals surface area contributed by atoms with E-state index in [1.165, 1.54) is 10.9 Å². The maximum absolute atomic E-state index is 12.3. The first-order valence-electron chi connectivity index (χ1n) is 9.02. The van der Waals surface area contributed by atoms with Crippen LogP contribution in [0, 0.1) is 5.92 Å². The van der Waals surface area contributed by atoms with E-state index in [-0.39, 0.29) is 12.1 Å². The van der Waals surface area contributed by atoms with Crippen LogP contribution < -0.4 is 11.1 Å². The molecule has 0 radical (unpaired) electrons. The fourth-order valence-corrected chi connectivity index (χ4v) is 3.62. The molecule has 1 aromatic heterocycles. The maximum Gasteiger partial charge on any atom is 0.317 e. The number of hydrogen-bond donors (Lipinski definition) is 3. The van der Waals surface area contributed by atoms with E-state index in [4.69, 9.17) is 5.73 Å². The molecule has 130 valence electrons. The Bertz CT molecular complexity index is 673. The molecule has 1 saturated heterocycles. The summed E-state index contributed by atoms with van der Waals surface area (Å²) in [5.74, 6) is 0.560. The molecule has 0 bridgehead atoms. The molecule has 1 fully saturated rings. The number of carbonyl (C=O) groups excluding carboxylic acids is 1. The van der Waals surface area contributed by atoms with Gasteiger partial charge in [-0.3, -0.25) is 0 Å². The second-order valence-electron chi connectivity index (χ2n) is 6.74. The normalized spacial score (nSPS) is 17.2. The minimum atomic E-state index is 0.0540. The third-order valence-electron chi connectivity index (χ3n) is 5.25. The monoisotopic (exact) mass is 328 g/mol. The van der Waals surface area contributed by atoms with Crippen LogP contribution in [0.2, 0.25) is 0 Å².